The molecule has 84 valence electrons. The van der Waals surface area contributed by atoms with Gasteiger partial charge < -0.3 is 0 Å². The second-order valence-corrected chi connectivity index (χ2v) is 6.86. The van der Waals surface area contributed by atoms with E-state index in [2.05, 4.69) is 25.8 Å². The Balaban J connectivity index is 2.70. The van der Waals surface area contributed by atoms with Gasteiger partial charge >= 0.3 is 0 Å². The van der Waals surface area contributed by atoms with Crippen LogP contribution in [0, 0.1) is 5.41 Å². The van der Waals surface area contributed by atoms with Crippen LogP contribution >= 0.6 is 0 Å². The lowest BCUT2D eigenvalue weighted by molar-refractivity contribution is 0.375. The first kappa shape index (κ1) is 12.4. The van der Waals surface area contributed by atoms with Crippen LogP contribution in [0.5, 0.6) is 0 Å². The zero-order valence-electron chi connectivity index (χ0n) is 9.86. The van der Waals surface area contributed by atoms with Crippen LogP contribution in [-0.4, -0.2) is 14.4 Å². The molecule has 0 bridgehead atoms. The number of aromatic nitrogens is 1. The minimum absolute atomic E-state index is 0.153. The first-order chi connectivity index (χ1) is 6.90. The molecule has 15 heavy (non-hydrogen) atoms. The minimum atomic E-state index is -0.986. The van der Waals surface area contributed by atoms with E-state index in [1.165, 1.54) is 0 Å². The van der Waals surface area contributed by atoms with Gasteiger partial charge in [-0.15, -0.1) is 0 Å². The number of nitrogens with zero attached hydrogens (tertiary/aromatic N) is 1. The summed E-state index contributed by atoms with van der Waals surface area (Å²) < 4.78 is 12.1. The summed E-state index contributed by atoms with van der Waals surface area (Å²) in [4.78, 5) is 4.13. The smallest absolute Gasteiger partial charge is 0.127 e. The minimum Gasteiger partial charge on any atom is -0.252 e. The fourth-order valence-corrected chi connectivity index (χ4v) is 3.05. The van der Waals surface area contributed by atoms with Crippen molar-refractivity contribution in [1.82, 2.24) is 4.98 Å². The summed E-state index contributed by atoms with van der Waals surface area (Å²) in [5, 5.41) is 0.842. The van der Waals surface area contributed by atoms with E-state index in [-0.39, 0.29) is 10.7 Å². The normalized spacial score (nSPS) is 16.0. The van der Waals surface area contributed by atoms with Crippen molar-refractivity contribution in [3.05, 3.63) is 24.4 Å². The second kappa shape index (κ2) is 4.88. The van der Waals surface area contributed by atoms with Gasteiger partial charge in [-0.3, -0.25) is 4.21 Å². The van der Waals surface area contributed by atoms with Gasteiger partial charge in [0.25, 0.3) is 0 Å². The van der Waals surface area contributed by atoms with Crippen LogP contribution in [-0.2, 0) is 10.8 Å². The van der Waals surface area contributed by atoms with Crippen LogP contribution in [0.2, 0.25) is 0 Å². The van der Waals surface area contributed by atoms with Gasteiger partial charge in [0, 0.05) is 11.4 Å². The lowest BCUT2D eigenvalue weighted by atomic mass is 9.91. The molecule has 0 amide bonds. The van der Waals surface area contributed by atoms with Crippen LogP contribution in [0.25, 0.3) is 0 Å². The Kier molecular flexibility index (Phi) is 4.03. The van der Waals surface area contributed by atoms with Gasteiger partial charge in [0.05, 0.1) is 10.8 Å². The first-order valence-electron chi connectivity index (χ1n) is 5.22. The third-order valence-electron chi connectivity index (χ3n) is 2.11. The molecular weight excluding hydrogens is 206 g/mol. The standard InChI is InChI=1S/C12H19NOS/c1-10(9-12(2,3)4)15(14)11-7-5-6-8-13-11/h5-8,10H,9H2,1-4H3/t10-,15?/m1/s1. The molecule has 1 unspecified atom stereocenters. The van der Waals surface area contributed by atoms with Crippen molar-refractivity contribution in [2.45, 2.75) is 44.4 Å². The average molecular weight is 225 g/mol. The second-order valence-electron chi connectivity index (χ2n) is 5.04. The van der Waals surface area contributed by atoms with Crippen LogP contribution < -0.4 is 0 Å². The molecule has 0 N–H and O–H groups in total. The molecule has 2 atom stereocenters. The molecule has 0 fully saturated rings. The average Bonchev–Trinajstić information content (AvgIpc) is 2.15. The number of rotatable bonds is 3. The molecule has 1 aromatic heterocycles. The van der Waals surface area contributed by atoms with E-state index < -0.39 is 10.8 Å². The van der Waals surface area contributed by atoms with E-state index in [0.717, 1.165) is 6.42 Å². The molecule has 3 heteroatoms. The molecule has 1 aromatic rings. The van der Waals surface area contributed by atoms with Crippen molar-refractivity contribution < 1.29 is 4.21 Å². The molecule has 0 radical (unpaired) electrons. The maximum Gasteiger partial charge on any atom is 0.127 e. The third-order valence-corrected chi connectivity index (χ3v) is 3.66. The van der Waals surface area contributed by atoms with E-state index in [1.807, 2.05) is 25.1 Å². The van der Waals surface area contributed by atoms with Gasteiger partial charge in [-0.2, -0.15) is 0 Å². The number of pyridine rings is 1. The highest BCUT2D eigenvalue weighted by atomic mass is 32.2. The van der Waals surface area contributed by atoms with E-state index in [9.17, 15) is 4.21 Å². The Hall–Kier alpha value is -0.700. The molecule has 0 aliphatic rings. The van der Waals surface area contributed by atoms with E-state index in [1.54, 1.807) is 6.20 Å². The molecule has 0 saturated heterocycles. The zero-order chi connectivity index (χ0) is 11.5. The topological polar surface area (TPSA) is 30.0 Å². The summed E-state index contributed by atoms with van der Waals surface area (Å²) in [6, 6.07) is 5.55. The Morgan fingerprint density at radius 3 is 2.53 bits per heavy atom. The maximum absolute atomic E-state index is 12.1. The van der Waals surface area contributed by atoms with Crippen LogP contribution in [0.4, 0.5) is 0 Å². The predicted molar refractivity (Wildman–Crippen MR) is 64.2 cm³/mol. The highest BCUT2D eigenvalue weighted by Crippen LogP contribution is 2.24. The van der Waals surface area contributed by atoms with Crippen molar-refractivity contribution >= 4 is 10.8 Å². The van der Waals surface area contributed by atoms with E-state index >= 15 is 0 Å². The fourth-order valence-electron chi connectivity index (χ4n) is 1.61. The Morgan fingerprint density at radius 1 is 1.40 bits per heavy atom. The van der Waals surface area contributed by atoms with Gasteiger partial charge in [0.1, 0.15) is 5.03 Å². The molecule has 0 aliphatic heterocycles. The summed E-state index contributed by atoms with van der Waals surface area (Å²) in [6.07, 6.45) is 2.63. The highest BCUT2D eigenvalue weighted by molar-refractivity contribution is 7.85. The van der Waals surface area contributed by atoms with E-state index in [4.69, 9.17) is 0 Å². The Bertz CT molecular complexity index is 329. The van der Waals surface area contributed by atoms with Crippen LogP contribution in [0.15, 0.2) is 29.4 Å². The monoisotopic (exact) mass is 225 g/mol. The molecule has 1 rings (SSSR count). The maximum atomic E-state index is 12.1. The van der Waals surface area contributed by atoms with E-state index in [0.29, 0.717) is 5.03 Å². The van der Waals surface area contributed by atoms with Crippen molar-refractivity contribution in [2.75, 3.05) is 0 Å². The summed E-state index contributed by atoms with van der Waals surface area (Å²) >= 11 is 0. The molecular formula is C12H19NOS. The predicted octanol–water partition coefficient (Wildman–Crippen LogP) is 3.01. The van der Waals surface area contributed by atoms with Gasteiger partial charge in [0.15, 0.2) is 0 Å². The van der Waals surface area contributed by atoms with Crippen molar-refractivity contribution in [3.63, 3.8) is 0 Å². The largest absolute Gasteiger partial charge is 0.252 e. The summed E-state index contributed by atoms with van der Waals surface area (Å²) in [7, 11) is -0.986. The van der Waals surface area contributed by atoms with Crippen molar-refractivity contribution in [1.29, 1.82) is 0 Å². The fraction of sp³-hybridized carbons (Fsp3) is 0.583. The lowest BCUT2D eigenvalue weighted by Crippen LogP contribution is -2.20. The molecule has 0 aliphatic carbocycles. The highest BCUT2D eigenvalue weighted by Gasteiger charge is 2.21. The third kappa shape index (κ3) is 4.12. The van der Waals surface area contributed by atoms with Crippen LogP contribution in [0.3, 0.4) is 0 Å². The Labute approximate surface area is 94.6 Å². The number of hydrogen-bond acceptors (Lipinski definition) is 2. The quantitative estimate of drug-likeness (QED) is 0.791. The molecule has 1 heterocycles. The summed E-state index contributed by atoms with van der Waals surface area (Å²) in [6.45, 7) is 8.52. The van der Waals surface area contributed by atoms with Gasteiger partial charge in [-0.25, -0.2) is 4.98 Å². The Morgan fingerprint density at radius 2 is 2.07 bits per heavy atom. The van der Waals surface area contributed by atoms with Gasteiger partial charge in [-0.05, 0) is 24.0 Å². The molecule has 0 saturated carbocycles. The molecule has 0 aromatic carbocycles. The first-order valence-corrected chi connectivity index (χ1v) is 6.43. The van der Waals surface area contributed by atoms with Crippen molar-refractivity contribution in [3.8, 4) is 0 Å². The van der Waals surface area contributed by atoms with Gasteiger partial charge in [-0.1, -0.05) is 33.8 Å². The lowest BCUT2D eigenvalue weighted by Gasteiger charge is -2.22. The van der Waals surface area contributed by atoms with Crippen LogP contribution in [0.1, 0.15) is 34.1 Å². The zero-order valence-corrected chi connectivity index (χ0v) is 10.7. The number of hydrogen-bond donors (Lipinski definition) is 0. The summed E-state index contributed by atoms with van der Waals surface area (Å²) in [5.74, 6) is 0. The molecule has 0 spiro atoms. The van der Waals surface area contributed by atoms with Crippen molar-refractivity contribution in [2.24, 2.45) is 5.41 Å². The SMILES string of the molecule is C[C@H](CC(C)(C)C)S(=O)c1ccccn1. The summed E-state index contributed by atoms with van der Waals surface area (Å²) in [5.41, 5.74) is 0.212. The van der Waals surface area contributed by atoms with Gasteiger partial charge in [0.2, 0.25) is 0 Å². The molecule has 2 nitrogen and oxygen atoms in total.